The largest absolute Gasteiger partial charge is 0.444 e. The Kier molecular flexibility index (Phi) is 10.6. The zero-order valence-corrected chi connectivity index (χ0v) is 23.4. The molecule has 0 saturated carbocycles. The minimum atomic E-state index is -0.529. The third-order valence-electron chi connectivity index (χ3n) is 5.68. The molecule has 0 aliphatic carbocycles. The Hall–Kier alpha value is -3.49. The topological polar surface area (TPSA) is 87.5 Å². The number of para-hydroxylation sites is 1. The number of amides is 1. The molecule has 2 aromatic heterocycles. The fraction of sp³-hybridized carbons (Fsp3) is 0.433. The highest BCUT2D eigenvalue weighted by atomic mass is 16.6. The van der Waals surface area contributed by atoms with Crippen molar-refractivity contribution in [2.75, 3.05) is 26.9 Å². The Labute approximate surface area is 225 Å². The number of carbonyl (C=O) groups is 1. The number of nitrogens with zero attached hydrogens (tertiary/aromatic N) is 3. The Morgan fingerprint density at radius 2 is 1.79 bits per heavy atom. The van der Waals surface area contributed by atoms with Gasteiger partial charge in [-0.3, -0.25) is 4.98 Å². The number of pyridine rings is 1. The average Bonchev–Trinajstić information content (AvgIpc) is 3.17. The fourth-order valence-electron chi connectivity index (χ4n) is 4.21. The first-order valence-electron chi connectivity index (χ1n) is 13.2. The monoisotopic (exact) mass is 520 g/mol. The number of alkyl carbamates (subject to hydrolysis) is 1. The molecule has 0 bridgehead atoms. The second-order valence-electron chi connectivity index (χ2n) is 9.69. The zero-order valence-electron chi connectivity index (χ0n) is 23.4. The van der Waals surface area contributed by atoms with Gasteiger partial charge < -0.3 is 24.1 Å². The van der Waals surface area contributed by atoms with Crippen LogP contribution >= 0.6 is 0 Å². The van der Waals surface area contributed by atoms with E-state index in [-0.39, 0.29) is 6.04 Å². The van der Waals surface area contributed by atoms with E-state index < -0.39 is 11.7 Å². The van der Waals surface area contributed by atoms with Crippen molar-refractivity contribution in [1.29, 1.82) is 0 Å². The van der Waals surface area contributed by atoms with E-state index >= 15 is 0 Å². The van der Waals surface area contributed by atoms with Gasteiger partial charge in [0, 0.05) is 25.5 Å². The Bertz CT molecular complexity index is 1300. The summed E-state index contributed by atoms with van der Waals surface area (Å²) in [7, 11) is 1.70. The lowest BCUT2D eigenvalue weighted by Crippen LogP contribution is -2.37. The smallest absolute Gasteiger partial charge is 0.407 e. The Balaban J connectivity index is 0.000000307. The molecule has 5 rings (SSSR count). The molecule has 8 heteroatoms. The number of methoxy groups -OCH3 is 1. The van der Waals surface area contributed by atoms with Crippen LogP contribution in [0, 0.1) is 0 Å². The molecule has 1 aliphatic heterocycles. The van der Waals surface area contributed by atoms with Crippen LogP contribution in [-0.4, -0.2) is 53.1 Å². The van der Waals surface area contributed by atoms with Gasteiger partial charge in [-0.1, -0.05) is 62.4 Å². The summed E-state index contributed by atoms with van der Waals surface area (Å²) in [6.45, 7) is 11.8. The summed E-state index contributed by atoms with van der Waals surface area (Å²) < 4.78 is 18.3. The molecule has 4 aromatic rings. The number of hydrogen-bond acceptors (Lipinski definition) is 6. The van der Waals surface area contributed by atoms with Crippen molar-refractivity contribution in [3.63, 3.8) is 0 Å². The SMILES string of the molecule is CC.CC(C)(C)OC(=O)NCC1COCCc2nc3cnc4ccccc4c3n21.COCc1ccccc1. The lowest BCUT2D eigenvalue weighted by Gasteiger charge is -2.23. The first-order chi connectivity index (χ1) is 18.4. The minimum absolute atomic E-state index is 0.0641. The molecule has 1 amide bonds. The summed E-state index contributed by atoms with van der Waals surface area (Å²) in [5, 5.41) is 3.93. The second-order valence-corrected chi connectivity index (χ2v) is 9.69. The van der Waals surface area contributed by atoms with E-state index in [9.17, 15) is 4.79 Å². The lowest BCUT2D eigenvalue weighted by molar-refractivity contribution is 0.0505. The molecule has 38 heavy (non-hydrogen) atoms. The molecule has 1 unspecified atom stereocenters. The predicted molar refractivity (Wildman–Crippen MR) is 151 cm³/mol. The van der Waals surface area contributed by atoms with Crippen LogP contribution in [0.15, 0.2) is 60.8 Å². The van der Waals surface area contributed by atoms with Crippen LogP contribution in [0.25, 0.3) is 21.9 Å². The fourth-order valence-corrected chi connectivity index (χ4v) is 4.21. The van der Waals surface area contributed by atoms with E-state index in [0.717, 1.165) is 34.2 Å². The Morgan fingerprint density at radius 3 is 2.50 bits per heavy atom. The van der Waals surface area contributed by atoms with E-state index in [1.54, 1.807) is 7.11 Å². The van der Waals surface area contributed by atoms with Crippen LogP contribution in [0.1, 0.15) is 52.0 Å². The van der Waals surface area contributed by atoms with Gasteiger partial charge in [0.25, 0.3) is 0 Å². The number of carbonyl (C=O) groups excluding carboxylic acids is 1. The van der Waals surface area contributed by atoms with Gasteiger partial charge in [0.2, 0.25) is 0 Å². The summed E-state index contributed by atoms with van der Waals surface area (Å²) in [6.07, 6.45) is 2.12. The third-order valence-corrected chi connectivity index (χ3v) is 5.68. The summed E-state index contributed by atoms with van der Waals surface area (Å²) in [5.74, 6) is 0.955. The molecule has 2 aromatic carbocycles. The van der Waals surface area contributed by atoms with Gasteiger partial charge in [-0.25, -0.2) is 9.78 Å². The van der Waals surface area contributed by atoms with Crippen molar-refractivity contribution >= 4 is 28.0 Å². The van der Waals surface area contributed by atoms with Crippen LogP contribution < -0.4 is 5.32 Å². The number of ether oxygens (including phenoxy) is 3. The molecule has 0 fully saturated rings. The Morgan fingerprint density at radius 1 is 1.08 bits per heavy atom. The minimum Gasteiger partial charge on any atom is -0.444 e. The van der Waals surface area contributed by atoms with Gasteiger partial charge in [-0.05, 0) is 32.4 Å². The highest BCUT2D eigenvalue weighted by molar-refractivity contribution is 6.02. The van der Waals surface area contributed by atoms with Crippen LogP contribution in [-0.2, 0) is 27.2 Å². The van der Waals surface area contributed by atoms with E-state index in [4.69, 9.17) is 19.2 Å². The number of imidazole rings is 1. The molecule has 1 atom stereocenters. The van der Waals surface area contributed by atoms with Crippen molar-refractivity contribution in [1.82, 2.24) is 19.9 Å². The summed E-state index contributed by atoms with van der Waals surface area (Å²) >= 11 is 0. The maximum Gasteiger partial charge on any atom is 0.407 e. The predicted octanol–water partition coefficient (Wildman–Crippen LogP) is 6.08. The van der Waals surface area contributed by atoms with Crippen molar-refractivity contribution < 1.29 is 19.0 Å². The average molecular weight is 521 g/mol. The number of aromatic nitrogens is 3. The van der Waals surface area contributed by atoms with Gasteiger partial charge >= 0.3 is 6.09 Å². The van der Waals surface area contributed by atoms with Crippen molar-refractivity contribution in [2.24, 2.45) is 0 Å². The third kappa shape index (κ3) is 7.76. The summed E-state index contributed by atoms with van der Waals surface area (Å²) in [6, 6.07) is 18.1. The summed E-state index contributed by atoms with van der Waals surface area (Å²) in [4.78, 5) is 21.4. The van der Waals surface area contributed by atoms with Gasteiger partial charge in [0.1, 0.15) is 16.9 Å². The molecule has 0 spiro atoms. The van der Waals surface area contributed by atoms with Gasteiger partial charge in [0.05, 0.1) is 43.1 Å². The van der Waals surface area contributed by atoms with Crippen LogP contribution in [0.5, 0.6) is 0 Å². The number of rotatable bonds is 4. The van der Waals surface area contributed by atoms with Gasteiger partial charge in [-0.2, -0.15) is 0 Å². The van der Waals surface area contributed by atoms with E-state index in [1.807, 2.05) is 89.3 Å². The van der Waals surface area contributed by atoms with E-state index in [2.05, 4.69) is 20.9 Å². The maximum atomic E-state index is 12.1. The molecule has 204 valence electrons. The molecule has 1 aliphatic rings. The zero-order chi connectivity index (χ0) is 27.5. The lowest BCUT2D eigenvalue weighted by atomic mass is 10.2. The van der Waals surface area contributed by atoms with Crippen molar-refractivity contribution in [3.8, 4) is 0 Å². The second kappa shape index (κ2) is 13.9. The molecular formula is C30H40N4O4. The maximum absolute atomic E-state index is 12.1. The molecule has 8 nitrogen and oxygen atoms in total. The van der Waals surface area contributed by atoms with Crippen LogP contribution in [0.2, 0.25) is 0 Å². The van der Waals surface area contributed by atoms with Crippen molar-refractivity contribution in [2.45, 2.75) is 59.3 Å². The quantitative estimate of drug-likeness (QED) is 0.351. The molecular weight excluding hydrogens is 480 g/mol. The highest BCUT2D eigenvalue weighted by Crippen LogP contribution is 2.29. The van der Waals surface area contributed by atoms with Gasteiger partial charge in [-0.15, -0.1) is 0 Å². The number of fused-ring (bicyclic) bond motifs is 5. The molecule has 0 radical (unpaired) electrons. The van der Waals surface area contributed by atoms with Crippen LogP contribution in [0.3, 0.4) is 0 Å². The highest BCUT2D eigenvalue weighted by Gasteiger charge is 2.25. The summed E-state index contributed by atoms with van der Waals surface area (Å²) in [5.41, 5.74) is 3.53. The number of hydrogen-bond donors (Lipinski definition) is 1. The molecule has 0 saturated heterocycles. The first kappa shape index (κ1) is 29.1. The number of benzene rings is 2. The van der Waals surface area contributed by atoms with Crippen LogP contribution in [0.4, 0.5) is 4.79 Å². The van der Waals surface area contributed by atoms with Gasteiger partial charge in [0.15, 0.2) is 0 Å². The van der Waals surface area contributed by atoms with Crippen molar-refractivity contribution in [3.05, 3.63) is 72.2 Å². The van der Waals surface area contributed by atoms with E-state index in [0.29, 0.717) is 26.4 Å². The number of nitrogens with one attached hydrogen (secondary N) is 1. The van der Waals surface area contributed by atoms with E-state index in [1.165, 1.54) is 5.56 Å². The molecule has 1 N–H and O–H groups in total. The first-order valence-corrected chi connectivity index (χ1v) is 13.2. The molecule has 3 heterocycles. The normalized spacial score (nSPS) is 14.8. The standard InChI is InChI=1S/C20H24N4O3.C8H10O.C2H6/c1-20(2,3)27-19(25)22-10-13-12-26-9-8-17-23-16-11-21-15-7-5-4-6-14(15)18(16)24(13)17;1-9-7-8-5-3-2-4-6-8;1-2/h4-7,11,13H,8-10,12H2,1-3H3,(H,22,25);2-6H,7H2,1H3;1-2H3.